The Morgan fingerprint density at radius 3 is 2.84 bits per heavy atom. The van der Waals surface area contributed by atoms with Crippen LogP contribution in [-0.4, -0.2) is 18.0 Å². The van der Waals surface area contributed by atoms with Gasteiger partial charge in [0.15, 0.2) is 5.13 Å². The van der Waals surface area contributed by atoms with E-state index in [1.165, 1.54) is 11.3 Å². The minimum atomic E-state index is -0.251. The van der Waals surface area contributed by atoms with Crippen molar-refractivity contribution < 1.29 is 9.53 Å². The fraction of sp³-hybridized carbons (Fsp3) is 0.111. The molecule has 2 N–H and O–H groups in total. The normalized spacial score (nSPS) is 10.4. The molecule has 5 nitrogen and oxygen atoms in total. The average Bonchev–Trinajstić information content (AvgIpc) is 3.04. The Bertz CT molecular complexity index is 911. The number of anilines is 3. The van der Waals surface area contributed by atoms with Crippen LogP contribution in [0.5, 0.6) is 5.75 Å². The van der Waals surface area contributed by atoms with Crippen LogP contribution in [0.4, 0.5) is 16.5 Å². The molecule has 0 aliphatic heterocycles. The monoisotopic (exact) mass is 417 g/mol. The van der Waals surface area contributed by atoms with E-state index in [-0.39, 0.29) is 5.91 Å². The third-order valence-corrected chi connectivity index (χ3v) is 4.67. The zero-order valence-corrected chi connectivity index (χ0v) is 16.1. The number of hydrogen-bond donors (Lipinski definition) is 2. The highest BCUT2D eigenvalue weighted by Crippen LogP contribution is 2.30. The number of halogens is 1. The molecule has 0 fully saturated rings. The first kappa shape index (κ1) is 17.4. The molecule has 1 amide bonds. The molecule has 3 rings (SSSR count). The van der Waals surface area contributed by atoms with Gasteiger partial charge in [0.2, 0.25) is 0 Å². The van der Waals surface area contributed by atoms with Gasteiger partial charge in [0.1, 0.15) is 11.4 Å². The number of thiazole rings is 1. The maximum absolute atomic E-state index is 12.3. The number of nitrogens with one attached hydrogen (secondary N) is 2. The Balaban J connectivity index is 1.74. The van der Waals surface area contributed by atoms with Crippen LogP contribution >= 0.6 is 27.3 Å². The Labute approximate surface area is 158 Å². The van der Waals surface area contributed by atoms with Crippen LogP contribution in [0.15, 0.2) is 52.3 Å². The van der Waals surface area contributed by atoms with Gasteiger partial charge >= 0.3 is 0 Å². The Morgan fingerprint density at radius 2 is 2.08 bits per heavy atom. The second-order valence-corrected chi connectivity index (χ2v) is 7.10. The fourth-order valence-electron chi connectivity index (χ4n) is 2.23. The number of nitrogens with zero attached hydrogens (tertiary/aromatic N) is 1. The standard InChI is InChI=1S/C18H16BrN3O2S/c1-11-6-7-16(24-2)14(8-11)21-18-22-15(10-25-18)17(23)20-13-5-3-4-12(19)9-13/h3-10H,1-2H3,(H,20,23)(H,21,22). The third kappa shape index (κ3) is 4.37. The van der Waals surface area contributed by atoms with Crippen LogP contribution in [0.2, 0.25) is 0 Å². The van der Waals surface area contributed by atoms with Crippen molar-refractivity contribution in [3.63, 3.8) is 0 Å². The van der Waals surface area contributed by atoms with Crippen LogP contribution < -0.4 is 15.4 Å². The molecule has 0 bridgehead atoms. The van der Waals surface area contributed by atoms with Gasteiger partial charge in [0.25, 0.3) is 5.91 Å². The van der Waals surface area contributed by atoms with Crippen LogP contribution in [0.1, 0.15) is 16.1 Å². The summed E-state index contributed by atoms with van der Waals surface area (Å²) in [5.74, 6) is 0.472. The molecule has 0 radical (unpaired) electrons. The largest absolute Gasteiger partial charge is 0.495 e. The van der Waals surface area contributed by atoms with E-state index < -0.39 is 0 Å². The molecular formula is C18H16BrN3O2S. The lowest BCUT2D eigenvalue weighted by Crippen LogP contribution is -2.12. The molecule has 0 spiro atoms. The summed E-state index contributed by atoms with van der Waals surface area (Å²) >= 11 is 4.75. The first-order chi connectivity index (χ1) is 12.0. The van der Waals surface area contributed by atoms with E-state index in [1.54, 1.807) is 12.5 Å². The Kier molecular flexibility index (Phi) is 5.35. The molecule has 1 aromatic heterocycles. The predicted octanol–water partition coefficient (Wildman–Crippen LogP) is 5.22. The van der Waals surface area contributed by atoms with Crippen molar-refractivity contribution in [1.82, 2.24) is 4.98 Å². The quantitative estimate of drug-likeness (QED) is 0.597. The minimum Gasteiger partial charge on any atom is -0.495 e. The van der Waals surface area contributed by atoms with Crippen molar-refractivity contribution in [2.24, 2.45) is 0 Å². The fourth-order valence-corrected chi connectivity index (χ4v) is 3.33. The van der Waals surface area contributed by atoms with Gasteiger partial charge in [0, 0.05) is 15.5 Å². The van der Waals surface area contributed by atoms with E-state index in [1.807, 2.05) is 49.4 Å². The number of methoxy groups -OCH3 is 1. The Morgan fingerprint density at radius 1 is 1.24 bits per heavy atom. The third-order valence-electron chi connectivity index (χ3n) is 3.42. The number of carbonyl (C=O) groups is 1. The zero-order chi connectivity index (χ0) is 17.8. The number of ether oxygens (including phenoxy) is 1. The SMILES string of the molecule is COc1ccc(C)cc1Nc1nc(C(=O)Nc2cccc(Br)c2)cs1. The van der Waals surface area contributed by atoms with Gasteiger partial charge in [-0.05, 0) is 42.8 Å². The maximum Gasteiger partial charge on any atom is 0.275 e. The van der Waals surface area contributed by atoms with Gasteiger partial charge in [-0.15, -0.1) is 11.3 Å². The number of amides is 1. The molecule has 2 aromatic carbocycles. The number of aryl methyl sites for hydroxylation is 1. The van der Waals surface area contributed by atoms with Crippen molar-refractivity contribution in [2.45, 2.75) is 6.92 Å². The summed E-state index contributed by atoms with van der Waals surface area (Å²) in [5, 5.41) is 8.39. The summed E-state index contributed by atoms with van der Waals surface area (Å²) < 4.78 is 6.25. The zero-order valence-electron chi connectivity index (χ0n) is 13.7. The van der Waals surface area contributed by atoms with Crippen molar-refractivity contribution in [1.29, 1.82) is 0 Å². The first-order valence-electron chi connectivity index (χ1n) is 7.49. The molecule has 0 saturated heterocycles. The van der Waals surface area contributed by atoms with Crippen LogP contribution in [0.3, 0.4) is 0 Å². The number of rotatable bonds is 5. The van der Waals surface area contributed by atoms with Gasteiger partial charge in [-0.2, -0.15) is 0 Å². The molecule has 0 aliphatic carbocycles. The molecule has 1 heterocycles. The predicted molar refractivity (Wildman–Crippen MR) is 105 cm³/mol. The number of benzene rings is 2. The van der Waals surface area contributed by atoms with E-state index in [0.29, 0.717) is 16.5 Å². The van der Waals surface area contributed by atoms with Crippen molar-refractivity contribution in [2.75, 3.05) is 17.7 Å². The first-order valence-corrected chi connectivity index (χ1v) is 9.16. The van der Waals surface area contributed by atoms with Crippen LogP contribution in [0.25, 0.3) is 0 Å². The van der Waals surface area contributed by atoms with Crippen molar-refractivity contribution in [3.05, 3.63) is 63.6 Å². The van der Waals surface area contributed by atoms with Crippen LogP contribution in [0, 0.1) is 6.92 Å². The highest BCUT2D eigenvalue weighted by Gasteiger charge is 2.12. The lowest BCUT2D eigenvalue weighted by molar-refractivity contribution is 0.102. The van der Waals surface area contributed by atoms with E-state index in [2.05, 4.69) is 31.5 Å². The molecule has 25 heavy (non-hydrogen) atoms. The molecule has 3 aromatic rings. The van der Waals surface area contributed by atoms with Gasteiger partial charge < -0.3 is 15.4 Å². The summed E-state index contributed by atoms with van der Waals surface area (Å²) in [7, 11) is 1.62. The second kappa shape index (κ2) is 7.67. The van der Waals surface area contributed by atoms with E-state index in [4.69, 9.17) is 4.74 Å². The molecule has 128 valence electrons. The summed E-state index contributed by atoms with van der Waals surface area (Å²) in [5.41, 5.74) is 2.99. The second-order valence-electron chi connectivity index (χ2n) is 5.33. The Hall–Kier alpha value is -2.38. The number of aromatic nitrogens is 1. The summed E-state index contributed by atoms with van der Waals surface area (Å²) in [6.07, 6.45) is 0. The summed E-state index contributed by atoms with van der Waals surface area (Å²) in [6, 6.07) is 13.3. The van der Waals surface area contributed by atoms with E-state index >= 15 is 0 Å². The highest BCUT2D eigenvalue weighted by molar-refractivity contribution is 9.10. The smallest absolute Gasteiger partial charge is 0.275 e. The summed E-state index contributed by atoms with van der Waals surface area (Å²) in [4.78, 5) is 16.7. The van der Waals surface area contributed by atoms with Crippen LogP contribution in [-0.2, 0) is 0 Å². The molecule has 0 unspecified atom stereocenters. The maximum atomic E-state index is 12.3. The molecular weight excluding hydrogens is 402 g/mol. The van der Waals surface area contributed by atoms with Gasteiger partial charge in [-0.25, -0.2) is 4.98 Å². The van der Waals surface area contributed by atoms with Gasteiger partial charge in [-0.3, -0.25) is 4.79 Å². The topological polar surface area (TPSA) is 63.2 Å². The summed E-state index contributed by atoms with van der Waals surface area (Å²) in [6.45, 7) is 2.00. The van der Waals surface area contributed by atoms with E-state index in [9.17, 15) is 4.79 Å². The lowest BCUT2D eigenvalue weighted by Gasteiger charge is -2.09. The molecule has 0 aliphatic rings. The minimum absolute atomic E-state index is 0.251. The van der Waals surface area contributed by atoms with Crippen molar-refractivity contribution in [3.8, 4) is 5.75 Å². The lowest BCUT2D eigenvalue weighted by atomic mass is 10.2. The van der Waals surface area contributed by atoms with Gasteiger partial charge in [-0.1, -0.05) is 28.1 Å². The van der Waals surface area contributed by atoms with Gasteiger partial charge in [0.05, 0.1) is 12.8 Å². The molecule has 0 saturated carbocycles. The highest BCUT2D eigenvalue weighted by atomic mass is 79.9. The average molecular weight is 418 g/mol. The number of hydrogen-bond acceptors (Lipinski definition) is 5. The van der Waals surface area contributed by atoms with Crippen molar-refractivity contribution >= 4 is 49.7 Å². The number of carbonyl (C=O) groups excluding carboxylic acids is 1. The van der Waals surface area contributed by atoms with E-state index in [0.717, 1.165) is 21.5 Å². The molecule has 7 heteroatoms. The molecule has 0 atom stereocenters.